The highest BCUT2D eigenvalue weighted by molar-refractivity contribution is 5.87. The summed E-state index contributed by atoms with van der Waals surface area (Å²) < 4.78 is 19.4. The minimum atomic E-state index is -0.394. The van der Waals surface area contributed by atoms with Gasteiger partial charge in [0.25, 0.3) is 0 Å². The average molecular weight is 444 g/mol. The van der Waals surface area contributed by atoms with Crippen LogP contribution < -0.4 is 9.47 Å². The third kappa shape index (κ3) is 9.25. The summed E-state index contributed by atoms with van der Waals surface area (Å²) in [5.41, 5.74) is 1.51. The molecular weight excluding hydrogens is 416 g/mol. The Balaban J connectivity index is 0.000000320. The zero-order valence-corrected chi connectivity index (χ0v) is 18.5. The number of hydrogen-bond acceptors (Lipinski definition) is 8. The zero-order chi connectivity index (χ0) is 23.9. The molecule has 0 bridgehead atoms. The molecule has 32 heavy (non-hydrogen) atoms. The summed E-state index contributed by atoms with van der Waals surface area (Å²) in [4.78, 5) is 22.1. The van der Waals surface area contributed by atoms with Crippen LogP contribution in [0.15, 0.2) is 48.6 Å². The topological polar surface area (TPSA) is 112 Å². The molecule has 0 atom stereocenters. The molecule has 0 aliphatic carbocycles. The van der Waals surface area contributed by atoms with Gasteiger partial charge in [-0.05, 0) is 61.4 Å². The highest BCUT2D eigenvalue weighted by Crippen LogP contribution is 2.27. The predicted molar refractivity (Wildman–Crippen MR) is 121 cm³/mol. The van der Waals surface area contributed by atoms with Crippen molar-refractivity contribution < 1.29 is 38.7 Å². The van der Waals surface area contributed by atoms with Gasteiger partial charge in [-0.2, -0.15) is 0 Å². The Labute approximate surface area is 187 Å². The third-order valence-electron chi connectivity index (χ3n) is 3.80. The van der Waals surface area contributed by atoms with Crippen molar-refractivity contribution in [1.82, 2.24) is 0 Å². The number of aromatic hydroxyl groups is 2. The van der Waals surface area contributed by atoms with Crippen LogP contribution in [-0.4, -0.2) is 49.6 Å². The Morgan fingerprint density at radius 1 is 0.750 bits per heavy atom. The molecule has 0 unspecified atom stereocenters. The van der Waals surface area contributed by atoms with Crippen LogP contribution in [-0.2, 0) is 19.1 Å². The third-order valence-corrected chi connectivity index (χ3v) is 3.80. The number of rotatable bonds is 8. The Bertz CT molecular complexity index is 870. The number of ether oxygens (including phenoxy) is 4. The fourth-order valence-electron chi connectivity index (χ4n) is 2.31. The van der Waals surface area contributed by atoms with E-state index in [4.69, 9.17) is 18.9 Å². The highest BCUT2D eigenvalue weighted by Gasteiger charge is 2.02. The van der Waals surface area contributed by atoms with Crippen LogP contribution in [0.3, 0.4) is 0 Å². The van der Waals surface area contributed by atoms with E-state index in [0.717, 1.165) is 11.1 Å². The van der Waals surface area contributed by atoms with Gasteiger partial charge >= 0.3 is 11.9 Å². The van der Waals surface area contributed by atoms with Gasteiger partial charge in [-0.1, -0.05) is 12.1 Å². The number of benzene rings is 2. The molecule has 0 aromatic heterocycles. The van der Waals surface area contributed by atoms with Crippen LogP contribution >= 0.6 is 0 Å². The summed E-state index contributed by atoms with van der Waals surface area (Å²) in [5, 5.41) is 18.7. The number of methoxy groups -OCH3 is 2. The summed E-state index contributed by atoms with van der Waals surface area (Å²) in [6, 6.07) is 9.62. The minimum absolute atomic E-state index is 0.0655. The van der Waals surface area contributed by atoms with Gasteiger partial charge in [0, 0.05) is 12.2 Å². The number of esters is 2. The van der Waals surface area contributed by atoms with Gasteiger partial charge in [0.15, 0.2) is 23.0 Å². The van der Waals surface area contributed by atoms with E-state index in [-0.39, 0.29) is 11.5 Å². The molecule has 0 fully saturated rings. The number of phenols is 2. The molecule has 0 aliphatic rings. The molecule has 0 radical (unpaired) electrons. The summed E-state index contributed by atoms with van der Waals surface area (Å²) in [5.74, 6) is 0.0765. The van der Waals surface area contributed by atoms with E-state index < -0.39 is 11.9 Å². The molecule has 0 spiro atoms. The maximum atomic E-state index is 11.0. The summed E-state index contributed by atoms with van der Waals surface area (Å²) >= 11 is 0. The van der Waals surface area contributed by atoms with E-state index in [9.17, 15) is 19.8 Å². The lowest BCUT2D eigenvalue weighted by atomic mass is 10.2. The van der Waals surface area contributed by atoms with E-state index in [2.05, 4.69) is 0 Å². The van der Waals surface area contributed by atoms with Gasteiger partial charge in [-0.25, -0.2) is 9.59 Å². The van der Waals surface area contributed by atoms with Crippen molar-refractivity contribution in [3.63, 3.8) is 0 Å². The Kier molecular flexibility index (Phi) is 11.5. The van der Waals surface area contributed by atoms with Crippen molar-refractivity contribution >= 4 is 24.1 Å². The number of carbonyl (C=O) groups is 2. The second-order valence-corrected chi connectivity index (χ2v) is 6.03. The lowest BCUT2D eigenvalue weighted by molar-refractivity contribution is -0.138. The molecule has 0 heterocycles. The van der Waals surface area contributed by atoms with E-state index >= 15 is 0 Å². The second-order valence-electron chi connectivity index (χ2n) is 6.03. The average Bonchev–Trinajstić information content (AvgIpc) is 2.79. The maximum Gasteiger partial charge on any atom is 0.330 e. The van der Waals surface area contributed by atoms with Crippen LogP contribution in [0.4, 0.5) is 0 Å². The van der Waals surface area contributed by atoms with Crippen LogP contribution in [0, 0.1) is 0 Å². The van der Waals surface area contributed by atoms with Gasteiger partial charge < -0.3 is 29.2 Å². The summed E-state index contributed by atoms with van der Waals surface area (Å²) in [6.07, 6.45) is 5.85. The molecule has 2 N–H and O–H groups in total. The standard InChI is InChI=1S/2C12H14O4/c2*1-3-16-12(14)7-5-9-4-6-10(13)11(8-9)15-2/h2*4-8,13H,3H2,1-2H3/b2*7-5+. The van der Waals surface area contributed by atoms with E-state index in [1.54, 1.807) is 50.3 Å². The van der Waals surface area contributed by atoms with Crippen LogP contribution in [0.5, 0.6) is 23.0 Å². The number of phenolic OH excluding ortho intramolecular Hbond substituents is 2. The number of hydrogen-bond donors (Lipinski definition) is 2. The second kappa shape index (κ2) is 14.1. The molecule has 172 valence electrons. The van der Waals surface area contributed by atoms with Crippen molar-refractivity contribution in [1.29, 1.82) is 0 Å². The van der Waals surface area contributed by atoms with E-state index in [1.807, 2.05) is 0 Å². The SMILES string of the molecule is CCOC(=O)/C=C/c1ccc(O)c(OC)c1.CCOC(=O)/C=C/c1ccc(O)c(OC)c1. The van der Waals surface area contributed by atoms with Crippen LogP contribution in [0.25, 0.3) is 12.2 Å². The van der Waals surface area contributed by atoms with E-state index in [1.165, 1.54) is 38.5 Å². The molecule has 2 rings (SSSR count). The Morgan fingerprint density at radius 3 is 1.44 bits per heavy atom. The minimum Gasteiger partial charge on any atom is -0.504 e. The van der Waals surface area contributed by atoms with Crippen LogP contribution in [0.2, 0.25) is 0 Å². The van der Waals surface area contributed by atoms with Gasteiger partial charge in [-0.3, -0.25) is 0 Å². The van der Waals surface area contributed by atoms with Gasteiger partial charge in [0.1, 0.15) is 0 Å². The highest BCUT2D eigenvalue weighted by atomic mass is 16.5. The fourth-order valence-corrected chi connectivity index (χ4v) is 2.31. The van der Waals surface area contributed by atoms with Crippen molar-refractivity contribution in [2.75, 3.05) is 27.4 Å². The normalized spacial score (nSPS) is 10.4. The maximum absolute atomic E-state index is 11.0. The quantitative estimate of drug-likeness (QED) is 0.465. The molecule has 0 aliphatic heterocycles. The van der Waals surface area contributed by atoms with Gasteiger partial charge in [-0.15, -0.1) is 0 Å². The van der Waals surface area contributed by atoms with Crippen molar-refractivity contribution in [3.05, 3.63) is 59.7 Å². The van der Waals surface area contributed by atoms with Crippen molar-refractivity contribution in [3.8, 4) is 23.0 Å². The number of carbonyl (C=O) groups excluding carboxylic acids is 2. The molecular formula is C24H28O8. The zero-order valence-electron chi connectivity index (χ0n) is 18.5. The first-order valence-corrected chi connectivity index (χ1v) is 9.78. The van der Waals surface area contributed by atoms with Crippen molar-refractivity contribution in [2.45, 2.75) is 13.8 Å². The molecule has 0 saturated carbocycles. The first-order valence-electron chi connectivity index (χ1n) is 9.78. The first kappa shape index (κ1) is 26.1. The Morgan fingerprint density at radius 2 is 1.12 bits per heavy atom. The fraction of sp³-hybridized carbons (Fsp3) is 0.250. The van der Waals surface area contributed by atoms with Gasteiger partial charge in [0.05, 0.1) is 27.4 Å². The van der Waals surface area contributed by atoms with Gasteiger partial charge in [0.2, 0.25) is 0 Å². The van der Waals surface area contributed by atoms with Crippen LogP contribution in [0.1, 0.15) is 25.0 Å². The summed E-state index contributed by atoms with van der Waals surface area (Å²) in [7, 11) is 2.93. The smallest absolute Gasteiger partial charge is 0.330 e. The Hall–Kier alpha value is -3.94. The molecule has 2 aromatic carbocycles. The first-order chi connectivity index (χ1) is 15.3. The molecule has 2 aromatic rings. The molecule has 0 amide bonds. The molecule has 8 heteroatoms. The molecule has 0 saturated heterocycles. The van der Waals surface area contributed by atoms with E-state index in [0.29, 0.717) is 24.7 Å². The predicted octanol–water partition coefficient (Wildman–Crippen LogP) is 3.95. The largest absolute Gasteiger partial charge is 0.504 e. The molecule has 8 nitrogen and oxygen atoms in total. The lowest BCUT2D eigenvalue weighted by Gasteiger charge is -2.03. The monoisotopic (exact) mass is 444 g/mol. The summed E-state index contributed by atoms with van der Waals surface area (Å²) in [6.45, 7) is 4.19. The lowest BCUT2D eigenvalue weighted by Crippen LogP contribution is -1.98. The van der Waals surface area contributed by atoms with Crippen molar-refractivity contribution in [2.24, 2.45) is 0 Å².